The van der Waals surface area contributed by atoms with Crippen molar-refractivity contribution in [1.29, 1.82) is 0 Å². The molecule has 3 heterocycles. The largest absolute Gasteiger partial charge is 0.471 e. The molecule has 1 aliphatic carbocycles. The Kier molecular flexibility index (Phi) is 9.46. The van der Waals surface area contributed by atoms with Crippen LogP contribution in [0.2, 0.25) is 0 Å². The number of fused-ring (bicyclic) bond motifs is 1. The van der Waals surface area contributed by atoms with E-state index >= 15 is 0 Å². The number of rotatable bonds is 9. The van der Waals surface area contributed by atoms with E-state index in [0.717, 1.165) is 85.7 Å². The molecular formula is C25H33BrF2N4O2S. The average molecular weight is 572 g/mol. The van der Waals surface area contributed by atoms with Gasteiger partial charge in [0.05, 0.1) is 15.9 Å². The molecule has 2 aromatic rings. The van der Waals surface area contributed by atoms with E-state index in [1.165, 1.54) is 0 Å². The fourth-order valence-electron chi connectivity index (χ4n) is 4.98. The van der Waals surface area contributed by atoms with Gasteiger partial charge in [-0.25, -0.2) is 18.7 Å². The van der Waals surface area contributed by atoms with Crippen LogP contribution in [0.25, 0.3) is 0 Å². The zero-order valence-electron chi connectivity index (χ0n) is 20.1. The van der Waals surface area contributed by atoms with E-state index in [9.17, 15) is 13.6 Å². The number of aryl methyl sites for hydroxylation is 1. The van der Waals surface area contributed by atoms with E-state index in [1.54, 1.807) is 17.5 Å². The van der Waals surface area contributed by atoms with Gasteiger partial charge in [-0.15, -0.1) is 11.3 Å². The van der Waals surface area contributed by atoms with Crippen molar-refractivity contribution >= 4 is 33.2 Å². The topological polar surface area (TPSA) is 67.4 Å². The van der Waals surface area contributed by atoms with Crippen molar-refractivity contribution in [1.82, 2.24) is 20.2 Å². The summed E-state index contributed by atoms with van der Waals surface area (Å²) in [4.78, 5) is 24.6. The number of hydrogen-bond acceptors (Lipinski definition) is 6. The lowest BCUT2D eigenvalue weighted by Gasteiger charge is -2.30. The molecule has 35 heavy (non-hydrogen) atoms. The Labute approximate surface area is 218 Å². The summed E-state index contributed by atoms with van der Waals surface area (Å²) in [6.07, 6.45) is 6.96. The molecule has 0 atom stereocenters. The summed E-state index contributed by atoms with van der Waals surface area (Å²) in [6, 6.07) is 2.25. The first kappa shape index (κ1) is 26.4. The highest BCUT2D eigenvalue weighted by molar-refractivity contribution is 9.10. The molecule has 1 fully saturated rings. The fourth-order valence-corrected chi connectivity index (χ4v) is 6.26. The van der Waals surface area contributed by atoms with Gasteiger partial charge in [-0.2, -0.15) is 0 Å². The molecule has 0 unspecified atom stereocenters. The summed E-state index contributed by atoms with van der Waals surface area (Å²) < 4.78 is 30.8. The summed E-state index contributed by atoms with van der Waals surface area (Å²) in [5.74, 6) is 1.05. The molecule has 0 spiro atoms. The molecule has 6 nitrogen and oxygen atoms in total. The summed E-state index contributed by atoms with van der Waals surface area (Å²) >= 11 is 5.00. The van der Waals surface area contributed by atoms with Crippen LogP contribution >= 0.6 is 27.3 Å². The number of carbonyl (C=O) groups excluding carboxylic acids is 1. The number of pyridine rings is 1. The lowest BCUT2D eigenvalue weighted by Crippen LogP contribution is -2.38. The minimum atomic E-state index is -2.52. The summed E-state index contributed by atoms with van der Waals surface area (Å²) in [7, 11) is 0. The normalized spacial score (nSPS) is 20.9. The fraction of sp³-hybridized carbons (Fsp3) is 0.640. The van der Waals surface area contributed by atoms with Gasteiger partial charge in [0.2, 0.25) is 11.8 Å². The number of thiazole rings is 1. The molecule has 1 N–H and O–H groups in total. The predicted octanol–water partition coefficient (Wildman–Crippen LogP) is 4.96. The predicted molar refractivity (Wildman–Crippen MR) is 136 cm³/mol. The van der Waals surface area contributed by atoms with E-state index in [2.05, 4.69) is 36.1 Å². The highest BCUT2D eigenvalue weighted by Crippen LogP contribution is 2.30. The van der Waals surface area contributed by atoms with E-state index in [4.69, 9.17) is 4.74 Å². The van der Waals surface area contributed by atoms with Gasteiger partial charge in [0, 0.05) is 42.3 Å². The average Bonchev–Trinajstić information content (AvgIpc) is 3.12. The van der Waals surface area contributed by atoms with Gasteiger partial charge in [-0.3, -0.25) is 4.79 Å². The van der Waals surface area contributed by atoms with Crippen LogP contribution in [0, 0.1) is 12.8 Å². The van der Waals surface area contributed by atoms with Crippen LogP contribution < -0.4 is 10.1 Å². The van der Waals surface area contributed by atoms with Gasteiger partial charge in [-0.05, 0) is 85.5 Å². The number of nitrogens with one attached hydrogen (secondary N) is 1. The van der Waals surface area contributed by atoms with Crippen LogP contribution in [0.5, 0.6) is 5.88 Å². The number of halogens is 3. The third-order valence-corrected chi connectivity index (χ3v) is 8.37. The van der Waals surface area contributed by atoms with E-state index in [0.29, 0.717) is 16.8 Å². The molecule has 4 rings (SSSR count). The molecule has 0 saturated heterocycles. The van der Waals surface area contributed by atoms with Gasteiger partial charge in [0.1, 0.15) is 0 Å². The zero-order valence-corrected chi connectivity index (χ0v) is 22.5. The molecule has 1 amide bonds. The summed E-state index contributed by atoms with van der Waals surface area (Å²) in [5.41, 5.74) is 2.11. The first-order valence-electron chi connectivity index (χ1n) is 12.4. The zero-order chi connectivity index (χ0) is 24.8. The highest BCUT2D eigenvalue weighted by atomic mass is 79.9. The highest BCUT2D eigenvalue weighted by Gasteiger charge is 2.24. The minimum Gasteiger partial charge on any atom is -0.471 e. The van der Waals surface area contributed by atoms with Crippen molar-refractivity contribution in [2.45, 2.75) is 70.8 Å². The maximum atomic E-state index is 12.5. The SMILES string of the molecule is Cc1ncc(CC(=O)N[C@H]2CC[C@H](CCN3CCc4cc(Br)c(OCC(F)F)nc4CC3)CC2)s1. The second kappa shape index (κ2) is 12.5. The molecule has 2 aliphatic rings. The first-order valence-corrected chi connectivity index (χ1v) is 14.0. The molecule has 0 bridgehead atoms. The summed E-state index contributed by atoms with van der Waals surface area (Å²) in [5, 5.41) is 4.21. The molecule has 0 aromatic carbocycles. The second-order valence-corrected chi connectivity index (χ2v) is 11.7. The lowest BCUT2D eigenvalue weighted by atomic mass is 9.84. The van der Waals surface area contributed by atoms with Crippen molar-refractivity contribution in [2.75, 3.05) is 26.2 Å². The van der Waals surface area contributed by atoms with Gasteiger partial charge in [0.15, 0.2) is 6.61 Å². The molecule has 192 valence electrons. The van der Waals surface area contributed by atoms with Crippen molar-refractivity contribution in [2.24, 2.45) is 5.92 Å². The number of aromatic nitrogens is 2. The van der Waals surface area contributed by atoms with Crippen LogP contribution in [0.1, 0.15) is 53.2 Å². The third kappa shape index (κ3) is 7.92. The Morgan fingerprint density at radius 3 is 2.77 bits per heavy atom. The van der Waals surface area contributed by atoms with Crippen LogP contribution in [0.4, 0.5) is 8.78 Å². The Hall–Kier alpha value is -1.65. The van der Waals surface area contributed by atoms with Crippen molar-refractivity contribution in [3.8, 4) is 5.88 Å². The Bertz CT molecular complexity index is 998. The van der Waals surface area contributed by atoms with E-state index < -0.39 is 13.0 Å². The van der Waals surface area contributed by atoms with Crippen LogP contribution in [-0.2, 0) is 24.1 Å². The number of amides is 1. The number of hydrogen-bond donors (Lipinski definition) is 1. The molecule has 0 radical (unpaired) electrons. The Balaban J connectivity index is 1.17. The molecule has 1 aliphatic heterocycles. The van der Waals surface area contributed by atoms with Crippen LogP contribution in [0.15, 0.2) is 16.7 Å². The Morgan fingerprint density at radius 1 is 1.29 bits per heavy atom. The number of alkyl halides is 2. The van der Waals surface area contributed by atoms with Gasteiger partial charge in [0.25, 0.3) is 6.43 Å². The number of carbonyl (C=O) groups is 1. The van der Waals surface area contributed by atoms with Gasteiger partial charge < -0.3 is 15.0 Å². The minimum absolute atomic E-state index is 0.101. The Morgan fingerprint density at radius 2 is 2.06 bits per heavy atom. The monoisotopic (exact) mass is 570 g/mol. The van der Waals surface area contributed by atoms with Gasteiger partial charge >= 0.3 is 0 Å². The lowest BCUT2D eigenvalue weighted by molar-refractivity contribution is -0.121. The van der Waals surface area contributed by atoms with Crippen LogP contribution in [0.3, 0.4) is 0 Å². The van der Waals surface area contributed by atoms with Crippen LogP contribution in [-0.4, -0.2) is 59.5 Å². The van der Waals surface area contributed by atoms with E-state index in [1.807, 2.05) is 13.0 Å². The standard InChI is InChI=1S/C25H33BrF2N4O2S/c1-16-29-14-20(35-16)13-24(33)30-19-4-2-17(3-5-19)6-9-32-10-7-18-12-21(26)25(34-15-23(27)28)31-22(18)8-11-32/h12,14,17,19,23H,2-11,13,15H2,1H3,(H,30,33)/t17-,19-. The van der Waals surface area contributed by atoms with Gasteiger partial charge in [-0.1, -0.05) is 0 Å². The molecule has 2 aromatic heterocycles. The first-order chi connectivity index (χ1) is 16.9. The van der Waals surface area contributed by atoms with E-state index in [-0.39, 0.29) is 17.8 Å². The summed E-state index contributed by atoms with van der Waals surface area (Å²) in [6.45, 7) is 4.25. The second-order valence-electron chi connectivity index (χ2n) is 9.52. The van der Waals surface area contributed by atoms with Crippen molar-refractivity contribution < 1.29 is 18.3 Å². The third-order valence-electron chi connectivity index (χ3n) is 6.89. The molecule has 1 saturated carbocycles. The smallest absolute Gasteiger partial charge is 0.272 e. The van der Waals surface area contributed by atoms with Crippen molar-refractivity contribution in [3.05, 3.63) is 37.9 Å². The maximum Gasteiger partial charge on any atom is 0.272 e. The maximum absolute atomic E-state index is 12.5. The molecular weight excluding hydrogens is 538 g/mol. The number of ether oxygens (including phenoxy) is 1. The molecule has 10 heteroatoms. The quantitative estimate of drug-likeness (QED) is 0.461. The van der Waals surface area contributed by atoms with Crippen molar-refractivity contribution in [3.63, 3.8) is 0 Å². The number of nitrogens with zero attached hydrogens (tertiary/aromatic N) is 3.